The van der Waals surface area contributed by atoms with Crippen LogP contribution in [0.2, 0.25) is 10.0 Å². The fraction of sp³-hybridized carbons (Fsp3) is 0. The number of nitriles is 1. The summed E-state index contributed by atoms with van der Waals surface area (Å²) in [4.78, 5) is 0. The monoisotopic (exact) mass is 265 g/mol. The lowest BCUT2D eigenvalue weighted by molar-refractivity contribution is 0.631. The molecule has 0 aliphatic heterocycles. The third kappa shape index (κ3) is 2.41. The first-order valence-electron chi connectivity index (χ1n) is 4.77. The highest BCUT2D eigenvalue weighted by atomic mass is 35.5. The van der Waals surface area contributed by atoms with Crippen molar-refractivity contribution in [2.75, 3.05) is 0 Å². The number of hydrogen-bond acceptors (Lipinski definition) is 1. The molecule has 0 unspecified atom stereocenters. The second-order valence-electron chi connectivity index (χ2n) is 3.43. The maximum atomic E-state index is 13.7. The van der Waals surface area contributed by atoms with E-state index in [1.54, 1.807) is 30.3 Å². The van der Waals surface area contributed by atoms with Crippen molar-refractivity contribution >= 4 is 23.2 Å². The molecule has 0 saturated carbocycles. The standard InChI is InChI=1S/C13H6Cl2FN/c14-9-2-3-10(13(16)6-9)11-5-8(7-17)1-4-12(11)15/h1-6H. The van der Waals surface area contributed by atoms with Crippen molar-refractivity contribution in [2.24, 2.45) is 0 Å². The van der Waals surface area contributed by atoms with Gasteiger partial charge in [-0.15, -0.1) is 0 Å². The van der Waals surface area contributed by atoms with E-state index in [1.807, 2.05) is 6.07 Å². The highest BCUT2D eigenvalue weighted by Gasteiger charge is 2.10. The van der Waals surface area contributed by atoms with Gasteiger partial charge in [-0.1, -0.05) is 23.2 Å². The van der Waals surface area contributed by atoms with Crippen LogP contribution in [-0.2, 0) is 0 Å². The Labute approximate surface area is 108 Å². The molecule has 0 bridgehead atoms. The quantitative estimate of drug-likeness (QED) is 0.735. The third-order valence-electron chi connectivity index (χ3n) is 2.32. The second-order valence-corrected chi connectivity index (χ2v) is 4.27. The molecule has 2 aromatic rings. The summed E-state index contributed by atoms with van der Waals surface area (Å²) in [5, 5.41) is 9.52. The van der Waals surface area contributed by atoms with Gasteiger partial charge in [0.25, 0.3) is 0 Å². The molecule has 0 atom stereocenters. The van der Waals surface area contributed by atoms with Crippen molar-refractivity contribution in [1.82, 2.24) is 0 Å². The van der Waals surface area contributed by atoms with Crippen LogP contribution in [0, 0.1) is 17.1 Å². The van der Waals surface area contributed by atoms with Crippen LogP contribution in [0.15, 0.2) is 36.4 Å². The smallest absolute Gasteiger partial charge is 0.132 e. The molecule has 0 aliphatic carbocycles. The Balaban J connectivity index is 2.64. The summed E-state index contributed by atoms with van der Waals surface area (Å²) in [5.74, 6) is -0.463. The van der Waals surface area contributed by atoms with Crippen molar-refractivity contribution in [2.45, 2.75) is 0 Å². The molecule has 0 spiro atoms. The second kappa shape index (κ2) is 4.75. The minimum absolute atomic E-state index is 0.318. The van der Waals surface area contributed by atoms with Crippen LogP contribution in [0.5, 0.6) is 0 Å². The van der Waals surface area contributed by atoms with Gasteiger partial charge in [-0.2, -0.15) is 5.26 Å². The Morgan fingerprint density at radius 1 is 1.00 bits per heavy atom. The van der Waals surface area contributed by atoms with Crippen LogP contribution in [0.4, 0.5) is 4.39 Å². The van der Waals surface area contributed by atoms with Crippen molar-refractivity contribution in [3.05, 3.63) is 57.8 Å². The molecule has 0 amide bonds. The molecule has 1 nitrogen and oxygen atoms in total. The molecular weight excluding hydrogens is 260 g/mol. The van der Waals surface area contributed by atoms with E-state index < -0.39 is 5.82 Å². The first kappa shape index (κ1) is 11.9. The Kier molecular flexibility index (Phi) is 3.33. The summed E-state index contributed by atoms with van der Waals surface area (Å²) in [6.45, 7) is 0. The van der Waals surface area contributed by atoms with Crippen molar-refractivity contribution < 1.29 is 4.39 Å². The van der Waals surface area contributed by atoms with Crippen LogP contribution >= 0.6 is 23.2 Å². The van der Waals surface area contributed by atoms with E-state index in [2.05, 4.69) is 0 Å². The zero-order valence-electron chi connectivity index (χ0n) is 8.55. The molecule has 4 heteroatoms. The van der Waals surface area contributed by atoms with Gasteiger partial charge in [0.15, 0.2) is 0 Å². The average Bonchev–Trinajstić information content (AvgIpc) is 2.30. The molecule has 0 radical (unpaired) electrons. The largest absolute Gasteiger partial charge is 0.206 e. The summed E-state index contributed by atoms with van der Waals surface area (Å²) in [7, 11) is 0. The third-order valence-corrected chi connectivity index (χ3v) is 2.88. The van der Waals surface area contributed by atoms with Crippen LogP contribution in [0.25, 0.3) is 11.1 Å². The lowest BCUT2D eigenvalue weighted by Gasteiger charge is -2.06. The van der Waals surface area contributed by atoms with Crippen molar-refractivity contribution in [3.8, 4) is 17.2 Å². The molecule has 0 aliphatic rings. The summed E-state index contributed by atoms with van der Waals surface area (Å²) >= 11 is 11.7. The van der Waals surface area contributed by atoms with Crippen LogP contribution in [0.3, 0.4) is 0 Å². The minimum Gasteiger partial charge on any atom is -0.206 e. The van der Waals surface area contributed by atoms with Gasteiger partial charge in [-0.25, -0.2) is 4.39 Å². The van der Waals surface area contributed by atoms with Gasteiger partial charge in [0.1, 0.15) is 5.82 Å². The van der Waals surface area contributed by atoms with E-state index in [0.717, 1.165) is 0 Å². The van der Waals surface area contributed by atoms with Crippen LogP contribution in [-0.4, -0.2) is 0 Å². The maximum Gasteiger partial charge on any atom is 0.132 e. The summed E-state index contributed by atoms with van der Waals surface area (Å²) in [5.41, 5.74) is 1.25. The molecule has 0 fully saturated rings. The number of benzene rings is 2. The SMILES string of the molecule is N#Cc1ccc(Cl)c(-c2ccc(Cl)cc2F)c1. The van der Waals surface area contributed by atoms with Crippen LogP contribution in [0.1, 0.15) is 5.56 Å². The van der Waals surface area contributed by atoms with E-state index in [-0.39, 0.29) is 0 Å². The molecule has 0 heterocycles. The molecule has 0 N–H and O–H groups in total. The number of halogens is 3. The average molecular weight is 266 g/mol. The predicted octanol–water partition coefficient (Wildman–Crippen LogP) is 4.67. The summed E-state index contributed by atoms with van der Waals surface area (Å²) in [6.07, 6.45) is 0. The molecule has 17 heavy (non-hydrogen) atoms. The topological polar surface area (TPSA) is 23.8 Å². The summed E-state index contributed by atoms with van der Waals surface area (Å²) in [6, 6.07) is 11.0. The van der Waals surface area contributed by atoms with E-state index in [9.17, 15) is 4.39 Å². The van der Waals surface area contributed by atoms with Gasteiger partial charge in [0, 0.05) is 21.2 Å². The van der Waals surface area contributed by atoms with Crippen molar-refractivity contribution in [3.63, 3.8) is 0 Å². The molecule has 0 saturated heterocycles. The normalized spacial score (nSPS) is 10.0. The van der Waals surface area contributed by atoms with Gasteiger partial charge in [0.05, 0.1) is 11.6 Å². The van der Waals surface area contributed by atoms with Crippen molar-refractivity contribution in [1.29, 1.82) is 5.26 Å². The maximum absolute atomic E-state index is 13.7. The van der Waals surface area contributed by atoms with E-state index in [4.69, 9.17) is 28.5 Å². The minimum atomic E-state index is -0.463. The van der Waals surface area contributed by atoms with E-state index in [1.165, 1.54) is 6.07 Å². The molecule has 2 rings (SSSR count). The van der Waals surface area contributed by atoms with Gasteiger partial charge >= 0.3 is 0 Å². The highest BCUT2D eigenvalue weighted by Crippen LogP contribution is 2.31. The predicted molar refractivity (Wildman–Crippen MR) is 66.6 cm³/mol. The fourth-order valence-corrected chi connectivity index (χ4v) is 1.89. The summed E-state index contributed by atoms with van der Waals surface area (Å²) < 4.78 is 13.7. The van der Waals surface area contributed by atoms with Gasteiger partial charge in [-0.05, 0) is 36.4 Å². The Bertz CT molecular complexity index is 617. The highest BCUT2D eigenvalue weighted by molar-refractivity contribution is 6.33. The van der Waals surface area contributed by atoms with E-state index in [0.29, 0.717) is 26.7 Å². The Hall–Kier alpha value is -1.56. The number of hydrogen-bond donors (Lipinski definition) is 0. The van der Waals surface area contributed by atoms with E-state index >= 15 is 0 Å². The number of rotatable bonds is 1. The number of nitrogens with zero attached hydrogens (tertiary/aromatic N) is 1. The van der Waals surface area contributed by atoms with Gasteiger partial charge in [0.2, 0.25) is 0 Å². The molecule has 2 aromatic carbocycles. The molecular formula is C13H6Cl2FN. The van der Waals surface area contributed by atoms with Gasteiger partial charge < -0.3 is 0 Å². The zero-order valence-corrected chi connectivity index (χ0v) is 10.1. The lowest BCUT2D eigenvalue weighted by Crippen LogP contribution is -1.87. The Morgan fingerprint density at radius 2 is 1.76 bits per heavy atom. The first-order chi connectivity index (χ1) is 8.11. The van der Waals surface area contributed by atoms with Gasteiger partial charge in [-0.3, -0.25) is 0 Å². The van der Waals surface area contributed by atoms with Crippen LogP contribution < -0.4 is 0 Å². The zero-order chi connectivity index (χ0) is 12.4. The first-order valence-corrected chi connectivity index (χ1v) is 5.52. The molecule has 0 aromatic heterocycles. The molecule has 84 valence electrons. The fourth-order valence-electron chi connectivity index (χ4n) is 1.51. The lowest BCUT2D eigenvalue weighted by atomic mass is 10.0. The Morgan fingerprint density at radius 3 is 2.41 bits per heavy atom.